The number of carbonyl (C=O) groups is 1. The maximum Gasteiger partial charge on any atom is 0.308 e. The summed E-state index contributed by atoms with van der Waals surface area (Å²) in [6.45, 7) is 2.05. The molecule has 18 heavy (non-hydrogen) atoms. The normalized spacial score (nSPS) is 17.3. The van der Waals surface area contributed by atoms with Crippen molar-refractivity contribution in [1.29, 1.82) is 0 Å². The van der Waals surface area contributed by atoms with Gasteiger partial charge in [0, 0.05) is 13.0 Å². The summed E-state index contributed by atoms with van der Waals surface area (Å²) in [5.41, 5.74) is 2.37. The van der Waals surface area contributed by atoms with Gasteiger partial charge in [0.1, 0.15) is 5.75 Å². The zero-order valence-corrected chi connectivity index (χ0v) is 10.8. The summed E-state index contributed by atoms with van der Waals surface area (Å²) in [7, 11) is 2.03. The van der Waals surface area contributed by atoms with Gasteiger partial charge in [0.2, 0.25) is 0 Å². The van der Waals surface area contributed by atoms with Gasteiger partial charge in [-0.05, 0) is 37.1 Å². The van der Waals surface area contributed by atoms with E-state index in [2.05, 4.69) is 16.9 Å². The number of nitrogens with zero attached hydrogens (tertiary/aromatic N) is 1. The van der Waals surface area contributed by atoms with Gasteiger partial charge < -0.3 is 4.74 Å². The lowest BCUT2D eigenvalue weighted by Gasteiger charge is -2.23. The molecule has 1 aliphatic carbocycles. The molecule has 1 unspecified atom stereocenters. The van der Waals surface area contributed by atoms with Crippen molar-refractivity contribution in [3.63, 3.8) is 0 Å². The Morgan fingerprint density at radius 3 is 3.06 bits per heavy atom. The second-order valence-corrected chi connectivity index (χ2v) is 4.59. The number of benzene rings is 1. The van der Waals surface area contributed by atoms with E-state index in [4.69, 9.17) is 11.2 Å². The molecule has 0 N–H and O–H groups in total. The lowest BCUT2D eigenvalue weighted by Crippen LogP contribution is -2.23. The number of rotatable bonds is 3. The van der Waals surface area contributed by atoms with Crippen LogP contribution in [0.3, 0.4) is 0 Å². The first kappa shape index (κ1) is 12.7. The van der Waals surface area contributed by atoms with Crippen LogP contribution in [0.5, 0.6) is 5.75 Å². The average Bonchev–Trinajstić information content (AvgIpc) is 2.73. The monoisotopic (exact) mass is 243 g/mol. The van der Waals surface area contributed by atoms with Crippen LogP contribution < -0.4 is 4.74 Å². The van der Waals surface area contributed by atoms with Gasteiger partial charge in [-0.1, -0.05) is 18.1 Å². The third-order valence-electron chi connectivity index (χ3n) is 3.32. The number of hydrogen-bond donors (Lipinski definition) is 0. The third kappa shape index (κ3) is 2.39. The summed E-state index contributed by atoms with van der Waals surface area (Å²) in [6.07, 6.45) is 7.30. The molecule has 0 radical (unpaired) electrons. The predicted molar refractivity (Wildman–Crippen MR) is 70.3 cm³/mol. The average molecular weight is 243 g/mol. The van der Waals surface area contributed by atoms with Crippen LogP contribution >= 0.6 is 0 Å². The van der Waals surface area contributed by atoms with Gasteiger partial charge in [-0.25, -0.2) is 0 Å². The summed E-state index contributed by atoms with van der Waals surface area (Å²) in [5.74, 6) is 3.08. The lowest BCUT2D eigenvalue weighted by atomic mass is 10.1. The third-order valence-corrected chi connectivity index (χ3v) is 3.32. The Kier molecular flexibility index (Phi) is 3.69. The molecule has 3 nitrogen and oxygen atoms in total. The summed E-state index contributed by atoms with van der Waals surface area (Å²) in [5, 5.41) is 0. The zero-order chi connectivity index (χ0) is 13.1. The summed E-state index contributed by atoms with van der Waals surface area (Å²) in [4.78, 5) is 13.2. The standard InChI is InChI=1S/C15H17NO2/c1-4-10-16(3)14-9-8-13-12(14)6-5-7-15(13)18-11(2)17/h1,5-7,14H,8-10H2,2-3H3. The first-order valence-electron chi connectivity index (χ1n) is 6.07. The predicted octanol–water partition coefficient (Wildman–Crippen LogP) is 2.16. The van der Waals surface area contributed by atoms with Crippen molar-refractivity contribution in [2.45, 2.75) is 25.8 Å². The molecule has 0 heterocycles. The minimum Gasteiger partial charge on any atom is -0.426 e. The van der Waals surface area contributed by atoms with Crippen molar-refractivity contribution in [2.75, 3.05) is 13.6 Å². The Balaban J connectivity index is 2.29. The molecule has 3 heteroatoms. The topological polar surface area (TPSA) is 29.5 Å². The molecular weight excluding hydrogens is 226 g/mol. The molecule has 1 atom stereocenters. The van der Waals surface area contributed by atoms with Gasteiger partial charge in [-0.15, -0.1) is 6.42 Å². The number of esters is 1. The van der Waals surface area contributed by atoms with Crippen molar-refractivity contribution in [3.05, 3.63) is 29.3 Å². The maximum absolute atomic E-state index is 11.1. The number of terminal acetylenes is 1. The van der Waals surface area contributed by atoms with Gasteiger partial charge in [0.25, 0.3) is 0 Å². The van der Waals surface area contributed by atoms with Gasteiger partial charge in [0.15, 0.2) is 0 Å². The highest BCUT2D eigenvalue weighted by Gasteiger charge is 2.28. The Morgan fingerprint density at radius 1 is 1.61 bits per heavy atom. The van der Waals surface area contributed by atoms with Gasteiger partial charge >= 0.3 is 5.97 Å². The summed E-state index contributed by atoms with van der Waals surface area (Å²) in [6, 6.07) is 6.20. The molecule has 1 aromatic rings. The number of fused-ring (bicyclic) bond motifs is 1. The van der Waals surface area contributed by atoms with Crippen LogP contribution in [0.25, 0.3) is 0 Å². The zero-order valence-electron chi connectivity index (χ0n) is 10.8. The molecule has 1 aromatic carbocycles. The smallest absolute Gasteiger partial charge is 0.308 e. The van der Waals surface area contributed by atoms with Crippen molar-refractivity contribution in [3.8, 4) is 18.1 Å². The van der Waals surface area contributed by atoms with E-state index in [1.165, 1.54) is 12.5 Å². The van der Waals surface area contributed by atoms with Gasteiger partial charge in [-0.3, -0.25) is 9.69 Å². The van der Waals surface area contributed by atoms with Crippen LogP contribution in [-0.2, 0) is 11.2 Å². The Labute approximate surface area is 108 Å². The number of hydrogen-bond acceptors (Lipinski definition) is 3. The van der Waals surface area contributed by atoms with Crippen LogP contribution in [0, 0.1) is 12.3 Å². The summed E-state index contributed by atoms with van der Waals surface area (Å²) >= 11 is 0. The Bertz CT molecular complexity index is 502. The van der Waals surface area contributed by atoms with E-state index < -0.39 is 0 Å². The molecule has 0 saturated carbocycles. The molecule has 0 amide bonds. The van der Waals surface area contributed by atoms with Crippen LogP contribution in [0.4, 0.5) is 0 Å². The minimum atomic E-state index is -0.274. The van der Waals surface area contributed by atoms with Crippen LogP contribution in [-0.4, -0.2) is 24.5 Å². The fourth-order valence-electron chi connectivity index (χ4n) is 2.56. The molecule has 0 saturated heterocycles. The molecule has 0 fully saturated rings. The second-order valence-electron chi connectivity index (χ2n) is 4.59. The Morgan fingerprint density at radius 2 is 2.39 bits per heavy atom. The van der Waals surface area contributed by atoms with E-state index in [0.29, 0.717) is 18.3 Å². The molecular formula is C15H17NO2. The van der Waals surface area contributed by atoms with Crippen LogP contribution in [0.1, 0.15) is 30.5 Å². The van der Waals surface area contributed by atoms with Gasteiger partial charge in [-0.2, -0.15) is 0 Å². The number of ether oxygens (including phenoxy) is 1. The molecule has 0 bridgehead atoms. The van der Waals surface area contributed by atoms with E-state index in [1.54, 1.807) is 0 Å². The lowest BCUT2D eigenvalue weighted by molar-refractivity contribution is -0.131. The van der Waals surface area contributed by atoms with Crippen LogP contribution in [0.15, 0.2) is 18.2 Å². The quantitative estimate of drug-likeness (QED) is 0.463. The van der Waals surface area contributed by atoms with Crippen molar-refractivity contribution in [1.82, 2.24) is 4.90 Å². The highest BCUT2D eigenvalue weighted by atomic mass is 16.5. The van der Waals surface area contributed by atoms with E-state index in [0.717, 1.165) is 18.4 Å². The molecule has 94 valence electrons. The van der Waals surface area contributed by atoms with E-state index in [9.17, 15) is 4.79 Å². The second kappa shape index (κ2) is 5.24. The van der Waals surface area contributed by atoms with E-state index >= 15 is 0 Å². The molecule has 0 aromatic heterocycles. The molecule has 0 aliphatic heterocycles. The fourth-order valence-corrected chi connectivity index (χ4v) is 2.56. The maximum atomic E-state index is 11.1. The SMILES string of the molecule is C#CCN(C)C1CCc2c(OC(C)=O)cccc21. The number of carbonyl (C=O) groups excluding carboxylic acids is 1. The summed E-state index contributed by atoms with van der Waals surface area (Å²) < 4.78 is 5.25. The highest BCUT2D eigenvalue weighted by molar-refractivity contribution is 5.70. The first-order valence-corrected chi connectivity index (χ1v) is 6.07. The fraction of sp³-hybridized carbons (Fsp3) is 0.400. The van der Waals surface area contributed by atoms with Crippen molar-refractivity contribution >= 4 is 5.97 Å². The van der Waals surface area contributed by atoms with Crippen molar-refractivity contribution in [2.24, 2.45) is 0 Å². The van der Waals surface area contributed by atoms with E-state index in [1.807, 2.05) is 19.2 Å². The molecule has 1 aliphatic rings. The van der Waals surface area contributed by atoms with Gasteiger partial charge in [0.05, 0.1) is 6.54 Å². The highest BCUT2D eigenvalue weighted by Crippen LogP contribution is 2.39. The first-order chi connectivity index (χ1) is 8.63. The van der Waals surface area contributed by atoms with Crippen LogP contribution in [0.2, 0.25) is 0 Å². The minimum absolute atomic E-state index is 0.274. The van der Waals surface area contributed by atoms with Crippen molar-refractivity contribution < 1.29 is 9.53 Å². The van der Waals surface area contributed by atoms with E-state index in [-0.39, 0.29) is 5.97 Å². The molecule has 2 rings (SSSR count). The molecule has 0 spiro atoms. The largest absolute Gasteiger partial charge is 0.426 e. The Hall–Kier alpha value is -1.79.